The van der Waals surface area contributed by atoms with Crippen molar-refractivity contribution in [2.45, 2.75) is 24.9 Å². The zero-order valence-corrected chi connectivity index (χ0v) is 15.2. The lowest BCUT2D eigenvalue weighted by Gasteiger charge is -2.40. The molecule has 1 aromatic rings. The Morgan fingerprint density at radius 2 is 1.85 bits per heavy atom. The summed E-state index contributed by atoms with van der Waals surface area (Å²) in [7, 11) is 0. The molecule has 4 rings (SSSR count). The fourth-order valence-electron chi connectivity index (χ4n) is 3.91. The summed E-state index contributed by atoms with van der Waals surface area (Å²) in [5, 5.41) is 6.46. The van der Waals surface area contributed by atoms with E-state index in [1.807, 2.05) is 18.2 Å². The average molecular weight is 372 g/mol. The third kappa shape index (κ3) is 3.62. The highest BCUT2D eigenvalue weighted by atomic mass is 16.5. The molecule has 3 heterocycles. The lowest BCUT2D eigenvalue weighted by Crippen LogP contribution is -2.58. The van der Waals surface area contributed by atoms with E-state index in [1.165, 1.54) is 0 Å². The number of nitrogens with zero attached hydrogens (tertiary/aromatic N) is 2. The zero-order valence-electron chi connectivity index (χ0n) is 15.2. The van der Waals surface area contributed by atoms with Crippen molar-refractivity contribution in [1.82, 2.24) is 15.1 Å². The van der Waals surface area contributed by atoms with Crippen LogP contribution in [0.1, 0.15) is 29.6 Å². The van der Waals surface area contributed by atoms with E-state index >= 15 is 0 Å². The molecular formula is C19H24N4O4. The number of nitrogens with one attached hydrogen (secondary N) is 2. The predicted octanol–water partition coefficient (Wildman–Crippen LogP) is 0.410. The summed E-state index contributed by atoms with van der Waals surface area (Å²) in [6.07, 6.45) is 1.33. The average Bonchev–Trinajstić information content (AvgIpc) is 2.83. The Kier molecular flexibility index (Phi) is 4.73. The quantitative estimate of drug-likeness (QED) is 0.785. The van der Waals surface area contributed by atoms with Crippen LogP contribution in [0.15, 0.2) is 24.3 Å². The van der Waals surface area contributed by atoms with Crippen molar-refractivity contribution in [3.8, 4) is 0 Å². The number of rotatable bonds is 2. The number of para-hydroxylation sites is 1. The van der Waals surface area contributed by atoms with Gasteiger partial charge in [-0.2, -0.15) is 0 Å². The van der Waals surface area contributed by atoms with Crippen LogP contribution in [0.5, 0.6) is 0 Å². The fourth-order valence-corrected chi connectivity index (χ4v) is 3.91. The Bertz CT molecular complexity index is 762. The second-order valence-corrected chi connectivity index (χ2v) is 7.27. The normalized spacial score (nSPS) is 25.5. The molecular weight excluding hydrogens is 348 g/mol. The van der Waals surface area contributed by atoms with Crippen LogP contribution in [0.3, 0.4) is 0 Å². The first kappa shape index (κ1) is 17.8. The number of carbonyl (C=O) groups excluding carboxylic acids is 3. The molecule has 8 nitrogen and oxygen atoms in total. The summed E-state index contributed by atoms with van der Waals surface area (Å²) in [6, 6.07) is 7.36. The number of amides is 3. The lowest BCUT2D eigenvalue weighted by atomic mass is 9.95. The van der Waals surface area contributed by atoms with Gasteiger partial charge in [-0.05, 0) is 18.6 Å². The molecule has 3 aliphatic rings. The monoisotopic (exact) mass is 372 g/mol. The molecule has 27 heavy (non-hydrogen) atoms. The van der Waals surface area contributed by atoms with Crippen molar-refractivity contribution >= 4 is 23.4 Å². The first-order valence-corrected chi connectivity index (χ1v) is 9.39. The maximum Gasteiger partial charge on any atom is 0.255 e. The summed E-state index contributed by atoms with van der Waals surface area (Å²) in [5.41, 5.74) is 0.738. The molecule has 3 amide bonds. The van der Waals surface area contributed by atoms with E-state index in [9.17, 15) is 14.4 Å². The van der Waals surface area contributed by atoms with Gasteiger partial charge in [0.05, 0.1) is 25.3 Å². The molecule has 0 saturated carbocycles. The Morgan fingerprint density at radius 1 is 1.07 bits per heavy atom. The number of ether oxygens (including phenoxy) is 1. The predicted molar refractivity (Wildman–Crippen MR) is 98.1 cm³/mol. The van der Waals surface area contributed by atoms with Gasteiger partial charge in [0, 0.05) is 38.2 Å². The van der Waals surface area contributed by atoms with E-state index in [-0.39, 0.29) is 30.7 Å². The maximum atomic E-state index is 12.6. The van der Waals surface area contributed by atoms with Gasteiger partial charge in [0.1, 0.15) is 5.66 Å². The zero-order chi connectivity index (χ0) is 18.9. The van der Waals surface area contributed by atoms with Crippen molar-refractivity contribution in [1.29, 1.82) is 0 Å². The van der Waals surface area contributed by atoms with E-state index in [0.717, 1.165) is 5.69 Å². The summed E-state index contributed by atoms with van der Waals surface area (Å²) in [6.45, 7) is 2.72. The van der Waals surface area contributed by atoms with E-state index in [4.69, 9.17) is 4.74 Å². The van der Waals surface area contributed by atoms with Crippen LogP contribution in [0, 0.1) is 0 Å². The van der Waals surface area contributed by atoms with Gasteiger partial charge < -0.3 is 25.2 Å². The highest BCUT2D eigenvalue weighted by Gasteiger charge is 2.40. The van der Waals surface area contributed by atoms with Gasteiger partial charge in [-0.3, -0.25) is 14.4 Å². The number of likely N-dealkylation sites (tertiary alicyclic amines) is 1. The van der Waals surface area contributed by atoms with Crippen LogP contribution in [-0.4, -0.2) is 72.6 Å². The van der Waals surface area contributed by atoms with Crippen molar-refractivity contribution in [3.63, 3.8) is 0 Å². The first-order valence-electron chi connectivity index (χ1n) is 9.39. The standard InChI is InChI=1S/C19H24N4O4/c24-16-5-6-19(20-15-4-2-1-3-14(15)18(26)21-19)7-8-23(16)13-17(25)22-9-11-27-12-10-22/h1-4,20H,5-13H2,(H,21,26)/t19-/m1/s1. The Hall–Kier alpha value is -2.61. The van der Waals surface area contributed by atoms with E-state index < -0.39 is 5.66 Å². The van der Waals surface area contributed by atoms with E-state index in [2.05, 4.69) is 10.6 Å². The van der Waals surface area contributed by atoms with Crippen LogP contribution in [0.2, 0.25) is 0 Å². The molecule has 2 saturated heterocycles. The number of hydrogen-bond donors (Lipinski definition) is 2. The van der Waals surface area contributed by atoms with Crippen LogP contribution in [-0.2, 0) is 14.3 Å². The smallest absolute Gasteiger partial charge is 0.255 e. The number of carbonyl (C=O) groups is 3. The fraction of sp³-hybridized carbons (Fsp3) is 0.526. The molecule has 3 aliphatic heterocycles. The van der Waals surface area contributed by atoms with Gasteiger partial charge in [0.15, 0.2) is 0 Å². The highest BCUT2D eigenvalue weighted by Crippen LogP contribution is 2.31. The second kappa shape index (κ2) is 7.19. The van der Waals surface area contributed by atoms with Gasteiger partial charge in [-0.25, -0.2) is 0 Å². The van der Waals surface area contributed by atoms with Crippen molar-refractivity contribution in [3.05, 3.63) is 29.8 Å². The van der Waals surface area contributed by atoms with Crippen LogP contribution in [0.4, 0.5) is 5.69 Å². The van der Waals surface area contributed by atoms with Crippen molar-refractivity contribution in [2.75, 3.05) is 44.7 Å². The Morgan fingerprint density at radius 3 is 2.67 bits per heavy atom. The summed E-state index contributed by atoms with van der Waals surface area (Å²) >= 11 is 0. The van der Waals surface area contributed by atoms with E-state index in [1.54, 1.807) is 15.9 Å². The minimum atomic E-state index is -0.655. The minimum Gasteiger partial charge on any atom is -0.378 e. The molecule has 2 fully saturated rings. The van der Waals surface area contributed by atoms with Gasteiger partial charge in [-0.1, -0.05) is 12.1 Å². The van der Waals surface area contributed by atoms with Crippen molar-refractivity contribution < 1.29 is 19.1 Å². The van der Waals surface area contributed by atoms with Crippen LogP contribution in [0.25, 0.3) is 0 Å². The Balaban J connectivity index is 1.44. The van der Waals surface area contributed by atoms with Gasteiger partial charge >= 0.3 is 0 Å². The molecule has 1 atom stereocenters. The largest absolute Gasteiger partial charge is 0.378 e. The third-order valence-electron chi connectivity index (χ3n) is 5.52. The molecule has 0 aliphatic carbocycles. The number of benzene rings is 1. The summed E-state index contributed by atoms with van der Waals surface area (Å²) in [4.78, 5) is 40.9. The number of morpholine rings is 1. The van der Waals surface area contributed by atoms with Crippen LogP contribution >= 0.6 is 0 Å². The van der Waals surface area contributed by atoms with E-state index in [0.29, 0.717) is 51.3 Å². The van der Waals surface area contributed by atoms with Gasteiger partial charge in [-0.15, -0.1) is 0 Å². The lowest BCUT2D eigenvalue weighted by molar-refractivity contribution is -0.142. The SMILES string of the molecule is O=C1N[C@@]2(CCC(=O)N(CC(=O)N3CCOCC3)CC2)Nc2ccccc21. The molecule has 0 aromatic heterocycles. The number of anilines is 1. The van der Waals surface area contributed by atoms with Gasteiger partial charge in [0.2, 0.25) is 11.8 Å². The third-order valence-corrected chi connectivity index (χ3v) is 5.52. The maximum absolute atomic E-state index is 12.6. The Labute approximate surface area is 157 Å². The number of hydrogen-bond acceptors (Lipinski definition) is 5. The highest BCUT2D eigenvalue weighted by molar-refractivity contribution is 6.02. The summed E-state index contributed by atoms with van der Waals surface area (Å²) < 4.78 is 5.27. The topological polar surface area (TPSA) is 91.0 Å². The molecule has 2 N–H and O–H groups in total. The minimum absolute atomic E-state index is 0.0476. The molecule has 0 unspecified atom stereocenters. The molecule has 0 radical (unpaired) electrons. The van der Waals surface area contributed by atoms with Crippen molar-refractivity contribution in [2.24, 2.45) is 0 Å². The van der Waals surface area contributed by atoms with Gasteiger partial charge in [0.25, 0.3) is 5.91 Å². The molecule has 0 bridgehead atoms. The number of fused-ring (bicyclic) bond motifs is 1. The second-order valence-electron chi connectivity index (χ2n) is 7.27. The molecule has 144 valence electrons. The molecule has 1 aromatic carbocycles. The summed E-state index contributed by atoms with van der Waals surface area (Å²) in [5.74, 6) is -0.230. The van der Waals surface area contributed by atoms with Crippen LogP contribution < -0.4 is 10.6 Å². The first-order chi connectivity index (χ1) is 13.1. The molecule has 8 heteroatoms. The molecule has 1 spiro atoms.